The number of carbonyl (C=O) groups excluding carboxylic acids is 1. The zero-order valence-corrected chi connectivity index (χ0v) is 15.3. The molecule has 6 nitrogen and oxygen atoms in total. The van der Waals surface area contributed by atoms with Crippen LogP contribution in [0, 0.1) is 17.0 Å². The van der Waals surface area contributed by atoms with Gasteiger partial charge in [-0.15, -0.1) is 0 Å². The third-order valence-corrected chi connectivity index (χ3v) is 4.04. The van der Waals surface area contributed by atoms with Crippen LogP contribution in [-0.4, -0.2) is 20.8 Å². The number of hydrogen-bond acceptors (Lipinski definition) is 4. The summed E-state index contributed by atoms with van der Waals surface area (Å²) in [7, 11) is 0. The van der Waals surface area contributed by atoms with Crippen LogP contribution < -0.4 is 10.6 Å². The van der Waals surface area contributed by atoms with Gasteiger partial charge in [0.25, 0.3) is 11.6 Å². The number of hydrogen-bond donors (Lipinski definition) is 2. The SMILES string of the molecule is Cc1ccccc1C(=O)NC(Nc1ccc([N+](=O)[O-])cc1)C(Cl)(Cl)Cl. The van der Waals surface area contributed by atoms with Crippen molar-refractivity contribution in [3.05, 3.63) is 69.8 Å². The lowest BCUT2D eigenvalue weighted by molar-refractivity contribution is -0.384. The summed E-state index contributed by atoms with van der Waals surface area (Å²) in [5.41, 5.74) is 1.61. The van der Waals surface area contributed by atoms with E-state index in [4.69, 9.17) is 34.8 Å². The van der Waals surface area contributed by atoms with Crippen LogP contribution in [0.3, 0.4) is 0 Å². The summed E-state index contributed by atoms with van der Waals surface area (Å²) in [6.45, 7) is 1.79. The molecule has 132 valence electrons. The maximum atomic E-state index is 12.4. The molecule has 0 aliphatic heterocycles. The van der Waals surface area contributed by atoms with Gasteiger partial charge in [-0.1, -0.05) is 53.0 Å². The van der Waals surface area contributed by atoms with Gasteiger partial charge >= 0.3 is 0 Å². The highest BCUT2D eigenvalue weighted by molar-refractivity contribution is 6.68. The minimum atomic E-state index is -1.85. The molecule has 1 amide bonds. The molecule has 0 aromatic heterocycles. The first-order valence-corrected chi connectivity index (χ1v) is 8.26. The molecule has 0 aliphatic carbocycles. The number of aryl methyl sites for hydroxylation is 1. The summed E-state index contributed by atoms with van der Waals surface area (Å²) in [5.74, 6) is -0.413. The number of nitro groups is 1. The highest BCUT2D eigenvalue weighted by Crippen LogP contribution is 2.31. The monoisotopic (exact) mass is 401 g/mol. The smallest absolute Gasteiger partial charge is 0.269 e. The molecule has 1 unspecified atom stereocenters. The largest absolute Gasteiger partial charge is 0.362 e. The number of alkyl halides is 3. The number of anilines is 1. The quantitative estimate of drug-likeness (QED) is 0.335. The van der Waals surface area contributed by atoms with Crippen LogP contribution in [0.1, 0.15) is 15.9 Å². The molecule has 2 aromatic carbocycles. The third-order valence-electron chi connectivity index (χ3n) is 3.38. The summed E-state index contributed by atoms with van der Waals surface area (Å²) in [4.78, 5) is 22.6. The number of nitrogens with one attached hydrogen (secondary N) is 2. The van der Waals surface area contributed by atoms with Crippen LogP contribution in [0.25, 0.3) is 0 Å². The molecule has 1 atom stereocenters. The van der Waals surface area contributed by atoms with E-state index in [0.717, 1.165) is 5.56 Å². The first kappa shape index (κ1) is 19.3. The van der Waals surface area contributed by atoms with E-state index in [1.807, 2.05) is 6.07 Å². The van der Waals surface area contributed by atoms with Crippen molar-refractivity contribution in [2.24, 2.45) is 0 Å². The van der Waals surface area contributed by atoms with Crippen molar-refractivity contribution in [3.8, 4) is 0 Å². The third kappa shape index (κ3) is 5.22. The maximum absolute atomic E-state index is 12.4. The van der Waals surface area contributed by atoms with Gasteiger partial charge in [-0.05, 0) is 30.7 Å². The van der Waals surface area contributed by atoms with Gasteiger partial charge in [-0.2, -0.15) is 0 Å². The van der Waals surface area contributed by atoms with Crippen molar-refractivity contribution >= 4 is 52.1 Å². The normalized spacial score (nSPS) is 12.3. The van der Waals surface area contributed by atoms with Crippen LogP contribution >= 0.6 is 34.8 Å². The first-order valence-electron chi connectivity index (χ1n) is 7.12. The molecule has 2 N–H and O–H groups in total. The van der Waals surface area contributed by atoms with Crippen molar-refractivity contribution in [2.75, 3.05) is 5.32 Å². The van der Waals surface area contributed by atoms with E-state index < -0.39 is 20.8 Å². The summed E-state index contributed by atoms with van der Waals surface area (Å²) in [6.07, 6.45) is -1.05. The molecular formula is C16H14Cl3N3O3. The predicted octanol–water partition coefficient (Wildman–Crippen LogP) is 4.44. The molecule has 0 radical (unpaired) electrons. The van der Waals surface area contributed by atoms with E-state index in [9.17, 15) is 14.9 Å². The predicted molar refractivity (Wildman–Crippen MR) is 99.4 cm³/mol. The number of non-ortho nitro benzene ring substituents is 1. The number of amides is 1. The fourth-order valence-corrected chi connectivity index (χ4v) is 2.41. The molecule has 0 saturated heterocycles. The standard InChI is InChI=1S/C16H14Cl3N3O3/c1-10-4-2-3-5-13(10)14(23)21-15(16(17,18)19)20-11-6-8-12(9-7-11)22(24)25/h2-9,15,20H,1H3,(H,21,23). The van der Waals surface area contributed by atoms with Crippen LogP contribution in [0.5, 0.6) is 0 Å². The molecule has 2 aromatic rings. The lowest BCUT2D eigenvalue weighted by Crippen LogP contribution is -2.49. The van der Waals surface area contributed by atoms with E-state index in [-0.39, 0.29) is 5.69 Å². The minimum absolute atomic E-state index is 0.0695. The van der Waals surface area contributed by atoms with Crippen LogP contribution in [-0.2, 0) is 0 Å². The Morgan fingerprint density at radius 1 is 1.12 bits per heavy atom. The number of rotatable bonds is 5. The Bertz CT molecular complexity index is 776. The molecule has 2 rings (SSSR count). The van der Waals surface area contributed by atoms with Crippen molar-refractivity contribution < 1.29 is 9.72 Å². The number of nitro benzene ring substituents is 1. The molecule has 9 heteroatoms. The second-order valence-electron chi connectivity index (χ2n) is 5.21. The Balaban J connectivity index is 2.18. The summed E-state index contributed by atoms with van der Waals surface area (Å²) in [6, 6.07) is 12.5. The Morgan fingerprint density at radius 2 is 1.72 bits per heavy atom. The number of halogens is 3. The fraction of sp³-hybridized carbons (Fsp3) is 0.188. The Kier molecular flexibility index (Phi) is 6.11. The van der Waals surface area contributed by atoms with E-state index in [0.29, 0.717) is 11.3 Å². The Morgan fingerprint density at radius 3 is 2.24 bits per heavy atom. The number of nitrogens with zero attached hydrogens (tertiary/aromatic N) is 1. The van der Waals surface area contributed by atoms with E-state index in [1.54, 1.807) is 25.1 Å². The molecule has 0 aliphatic rings. The molecule has 0 spiro atoms. The van der Waals surface area contributed by atoms with E-state index >= 15 is 0 Å². The Hall–Kier alpha value is -2.02. The zero-order valence-electron chi connectivity index (χ0n) is 13.0. The summed E-state index contributed by atoms with van der Waals surface area (Å²) >= 11 is 17.8. The van der Waals surface area contributed by atoms with Gasteiger partial charge in [-0.3, -0.25) is 14.9 Å². The summed E-state index contributed by atoms with van der Waals surface area (Å²) < 4.78 is -1.85. The van der Waals surface area contributed by atoms with Gasteiger partial charge in [0.1, 0.15) is 6.17 Å². The fourth-order valence-electron chi connectivity index (χ4n) is 2.08. The van der Waals surface area contributed by atoms with Gasteiger partial charge in [0, 0.05) is 23.4 Å². The lowest BCUT2D eigenvalue weighted by atomic mass is 10.1. The highest BCUT2D eigenvalue weighted by atomic mass is 35.6. The highest BCUT2D eigenvalue weighted by Gasteiger charge is 2.34. The average molecular weight is 403 g/mol. The average Bonchev–Trinajstić information content (AvgIpc) is 2.54. The second kappa shape index (κ2) is 7.91. The van der Waals surface area contributed by atoms with E-state index in [2.05, 4.69) is 10.6 Å². The second-order valence-corrected chi connectivity index (χ2v) is 7.58. The lowest BCUT2D eigenvalue weighted by Gasteiger charge is -2.27. The topological polar surface area (TPSA) is 84.3 Å². The molecular weight excluding hydrogens is 389 g/mol. The van der Waals surface area contributed by atoms with Gasteiger partial charge < -0.3 is 10.6 Å². The minimum Gasteiger partial charge on any atom is -0.362 e. The van der Waals surface area contributed by atoms with Crippen LogP contribution in [0.15, 0.2) is 48.5 Å². The Labute approximate surface area is 159 Å². The van der Waals surface area contributed by atoms with Gasteiger partial charge in [0.05, 0.1) is 4.92 Å². The van der Waals surface area contributed by atoms with Crippen molar-refractivity contribution in [1.29, 1.82) is 0 Å². The van der Waals surface area contributed by atoms with E-state index in [1.165, 1.54) is 24.3 Å². The maximum Gasteiger partial charge on any atom is 0.269 e. The van der Waals surface area contributed by atoms with Crippen molar-refractivity contribution in [2.45, 2.75) is 16.9 Å². The molecule has 0 fully saturated rings. The number of carbonyl (C=O) groups is 1. The van der Waals surface area contributed by atoms with Crippen molar-refractivity contribution in [3.63, 3.8) is 0 Å². The molecule has 0 bridgehead atoms. The van der Waals surface area contributed by atoms with Gasteiger partial charge in [0.2, 0.25) is 3.79 Å². The first-order chi connectivity index (χ1) is 11.7. The van der Waals surface area contributed by atoms with Crippen LogP contribution in [0.4, 0.5) is 11.4 Å². The van der Waals surface area contributed by atoms with Crippen molar-refractivity contribution in [1.82, 2.24) is 5.32 Å². The molecule has 0 heterocycles. The zero-order chi connectivity index (χ0) is 18.6. The molecule has 0 saturated carbocycles. The molecule has 25 heavy (non-hydrogen) atoms. The van der Waals surface area contributed by atoms with Gasteiger partial charge in [-0.25, -0.2) is 0 Å². The summed E-state index contributed by atoms with van der Waals surface area (Å²) in [5, 5.41) is 16.2. The van der Waals surface area contributed by atoms with Gasteiger partial charge in [0.15, 0.2) is 0 Å². The van der Waals surface area contributed by atoms with Crippen LogP contribution in [0.2, 0.25) is 0 Å². The number of benzene rings is 2.